The van der Waals surface area contributed by atoms with Gasteiger partial charge in [0, 0.05) is 26.7 Å². The van der Waals surface area contributed by atoms with E-state index in [0.29, 0.717) is 0 Å². The molecule has 0 saturated carbocycles. The van der Waals surface area contributed by atoms with Crippen LogP contribution in [0.15, 0.2) is 29.3 Å². The van der Waals surface area contributed by atoms with Gasteiger partial charge < -0.3 is 15.4 Å². The molecular weight excluding hydrogens is 250 g/mol. The van der Waals surface area contributed by atoms with E-state index < -0.39 is 0 Å². The van der Waals surface area contributed by atoms with Crippen LogP contribution in [0, 0.1) is 6.92 Å². The van der Waals surface area contributed by atoms with Gasteiger partial charge in [0.25, 0.3) is 0 Å². The van der Waals surface area contributed by atoms with Gasteiger partial charge in [0.15, 0.2) is 5.96 Å². The van der Waals surface area contributed by atoms with E-state index in [-0.39, 0.29) is 5.60 Å². The highest BCUT2D eigenvalue weighted by molar-refractivity contribution is 5.79. The predicted molar refractivity (Wildman–Crippen MR) is 83.0 cm³/mol. The quantitative estimate of drug-likeness (QED) is 0.654. The maximum atomic E-state index is 5.77. The second kappa shape index (κ2) is 6.75. The third-order valence-electron chi connectivity index (χ3n) is 3.70. The highest BCUT2D eigenvalue weighted by Gasteiger charge is 2.29. The zero-order chi connectivity index (χ0) is 14.4. The average Bonchev–Trinajstić information content (AvgIpc) is 2.86. The lowest BCUT2D eigenvalue weighted by Crippen LogP contribution is -2.45. The molecule has 4 nitrogen and oxygen atoms in total. The molecule has 1 unspecified atom stereocenters. The summed E-state index contributed by atoms with van der Waals surface area (Å²) in [5.41, 5.74) is 2.48. The molecule has 1 atom stereocenters. The lowest BCUT2D eigenvalue weighted by atomic mass is 10.0. The second-order valence-corrected chi connectivity index (χ2v) is 5.67. The van der Waals surface area contributed by atoms with Crippen LogP contribution in [0.25, 0.3) is 0 Å². The molecule has 0 bridgehead atoms. The smallest absolute Gasteiger partial charge is 0.191 e. The zero-order valence-electron chi connectivity index (χ0n) is 12.7. The lowest BCUT2D eigenvalue weighted by molar-refractivity contribution is 0.0243. The van der Waals surface area contributed by atoms with Crippen LogP contribution in [0.2, 0.25) is 0 Å². The van der Waals surface area contributed by atoms with E-state index in [1.165, 1.54) is 11.1 Å². The molecule has 0 spiro atoms. The van der Waals surface area contributed by atoms with Crippen LogP contribution in [0.4, 0.5) is 0 Å². The van der Waals surface area contributed by atoms with Gasteiger partial charge in [0.2, 0.25) is 0 Å². The molecule has 110 valence electrons. The third kappa shape index (κ3) is 4.23. The van der Waals surface area contributed by atoms with Crippen LogP contribution in [0.3, 0.4) is 0 Å². The monoisotopic (exact) mass is 275 g/mol. The first-order chi connectivity index (χ1) is 9.61. The number of nitrogens with zero attached hydrogens (tertiary/aromatic N) is 1. The van der Waals surface area contributed by atoms with E-state index >= 15 is 0 Å². The molecule has 2 rings (SSSR count). The fraction of sp³-hybridized carbons (Fsp3) is 0.562. The third-order valence-corrected chi connectivity index (χ3v) is 3.70. The molecule has 1 aliphatic rings. The number of aliphatic imine (C=N–C) groups is 1. The van der Waals surface area contributed by atoms with Gasteiger partial charge in [-0.2, -0.15) is 0 Å². The first kappa shape index (κ1) is 14.9. The highest BCUT2D eigenvalue weighted by atomic mass is 16.5. The molecule has 2 N–H and O–H groups in total. The van der Waals surface area contributed by atoms with Crippen molar-refractivity contribution in [1.29, 1.82) is 0 Å². The van der Waals surface area contributed by atoms with Gasteiger partial charge >= 0.3 is 0 Å². The molecule has 0 aliphatic carbocycles. The maximum Gasteiger partial charge on any atom is 0.191 e. The molecule has 0 amide bonds. The van der Waals surface area contributed by atoms with Gasteiger partial charge in [-0.25, -0.2) is 0 Å². The Morgan fingerprint density at radius 2 is 2.25 bits per heavy atom. The van der Waals surface area contributed by atoms with Crippen LogP contribution in [0.5, 0.6) is 0 Å². The Bertz CT molecular complexity index is 465. The summed E-state index contributed by atoms with van der Waals surface area (Å²) in [6.45, 7) is 6.70. The predicted octanol–water partition coefficient (Wildman–Crippen LogP) is 2.23. The Hall–Kier alpha value is -1.55. The van der Waals surface area contributed by atoms with Crippen LogP contribution >= 0.6 is 0 Å². The van der Waals surface area contributed by atoms with Crippen LogP contribution < -0.4 is 10.6 Å². The lowest BCUT2D eigenvalue weighted by Gasteiger charge is -2.24. The fourth-order valence-corrected chi connectivity index (χ4v) is 2.48. The average molecular weight is 275 g/mol. The Balaban J connectivity index is 1.81. The second-order valence-electron chi connectivity index (χ2n) is 5.67. The summed E-state index contributed by atoms with van der Waals surface area (Å²) < 4.78 is 5.77. The first-order valence-corrected chi connectivity index (χ1v) is 7.25. The van der Waals surface area contributed by atoms with Gasteiger partial charge in [-0.15, -0.1) is 0 Å². The van der Waals surface area contributed by atoms with Crippen molar-refractivity contribution in [3.63, 3.8) is 0 Å². The summed E-state index contributed by atoms with van der Waals surface area (Å²) in [5.74, 6) is 0.822. The number of benzene rings is 1. The summed E-state index contributed by atoms with van der Waals surface area (Å²) in [6.07, 6.45) is 2.25. The van der Waals surface area contributed by atoms with E-state index in [1.807, 2.05) is 0 Å². The van der Waals surface area contributed by atoms with Crippen molar-refractivity contribution in [2.45, 2.75) is 38.8 Å². The SMILES string of the molecule is CN=C(NCc1cccc(C)c1)NCC1(C)CCCO1. The molecule has 4 heteroatoms. The van der Waals surface area contributed by atoms with Crippen LogP contribution in [-0.2, 0) is 11.3 Å². The van der Waals surface area contributed by atoms with Gasteiger partial charge in [-0.05, 0) is 32.3 Å². The van der Waals surface area contributed by atoms with E-state index in [4.69, 9.17) is 4.74 Å². The minimum atomic E-state index is -0.0546. The molecule has 1 aliphatic heterocycles. The Labute approximate surface area is 121 Å². The van der Waals surface area contributed by atoms with Crippen molar-refractivity contribution >= 4 is 5.96 Å². The molecule has 0 aromatic heterocycles. The standard InChI is InChI=1S/C16H25N3O/c1-13-6-4-7-14(10-13)11-18-15(17-3)19-12-16(2)8-5-9-20-16/h4,6-7,10H,5,8-9,11-12H2,1-3H3,(H2,17,18,19). The van der Waals surface area contributed by atoms with Gasteiger partial charge in [0.1, 0.15) is 0 Å². The van der Waals surface area contributed by atoms with E-state index in [0.717, 1.165) is 38.5 Å². The summed E-state index contributed by atoms with van der Waals surface area (Å²) in [7, 11) is 1.80. The molecule has 1 aromatic carbocycles. The van der Waals surface area contributed by atoms with Crippen molar-refractivity contribution in [3.05, 3.63) is 35.4 Å². The van der Waals surface area contributed by atoms with Crippen molar-refractivity contribution in [1.82, 2.24) is 10.6 Å². The largest absolute Gasteiger partial charge is 0.373 e. The Morgan fingerprint density at radius 3 is 2.90 bits per heavy atom. The normalized spacial score (nSPS) is 22.9. The number of hydrogen-bond donors (Lipinski definition) is 2. The van der Waals surface area contributed by atoms with Gasteiger partial charge in [-0.3, -0.25) is 4.99 Å². The number of aryl methyl sites for hydroxylation is 1. The molecule has 1 heterocycles. The molecule has 1 saturated heterocycles. The number of rotatable bonds is 4. The zero-order valence-corrected chi connectivity index (χ0v) is 12.7. The van der Waals surface area contributed by atoms with Gasteiger partial charge in [-0.1, -0.05) is 29.8 Å². The van der Waals surface area contributed by atoms with Crippen LogP contribution in [-0.4, -0.2) is 31.8 Å². The van der Waals surface area contributed by atoms with Crippen molar-refractivity contribution in [2.24, 2.45) is 4.99 Å². The number of hydrogen-bond acceptors (Lipinski definition) is 2. The fourth-order valence-electron chi connectivity index (χ4n) is 2.48. The maximum absolute atomic E-state index is 5.77. The van der Waals surface area contributed by atoms with Crippen molar-refractivity contribution < 1.29 is 4.74 Å². The topological polar surface area (TPSA) is 45.7 Å². The molecule has 1 fully saturated rings. The number of ether oxygens (including phenoxy) is 1. The van der Waals surface area contributed by atoms with Crippen LogP contribution in [0.1, 0.15) is 30.9 Å². The van der Waals surface area contributed by atoms with E-state index in [9.17, 15) is 0 Å². The van der Waals surface area contributed by atoms with E-state index in [1.54, 1.807) is 7.05 Å². The molecular formula is C16H25N3O. The number of guanidine groups is 1. The molecule has 1 aromatic rings. The van der Waals surface area contributed by atoms with Gasteiger partial charge in [0.05, 0.1) is 5.60 Å². The molecule has 20 heavy (non-hydrogen) atoms. The minimum Gasteiger partial charge on any atom is -0.373 e. The summed E-state index contributed by atoms with van der Waals surface area (Å²) in [4.78, 5) is 4.26. The Morgan fingerprint density at radius 1 is 1.40 bits per heavy atom. The number of nitrogens with one attached hydrogen (secondary N) is 2. The highest BCUT2D eigenvalue weighted by Crippen LogP contribution is 2.23. The van der Waals surface area contributed by atoms with Crippen molar-refractivity contribution in [3.8, 4) is 0 Å². The van der Waals surface area contributed by atoms with E-state index in [2.05, 4.69) is 53.7 Å². The summed E-state index contributed by atoms with van der Waals surface area (Å²) in [6, 6.07) is 8.49. The summed E-state index contributed by atoms with van der Waals surface area (Å²) >= 11 is 0. The molecule has 0 radical (unpaired) electrons. The minimum absolute atomic E-state index is 0.0546. The van der Waals surface area contributed by atoms with Crippen molar-refractivity contribution in [2.75, 3.05) is 20.2 Å². The Kier molecular flexibility index (Phi) is 5.01. The first-order valence-electron chi connectivity index (χ1n) is 7.25. The summed E-state index contributed by atoms with van der Waals surface area (Å²) in [5, 5.41) is 6.69.